The van der Waals surface area contributed by atoms with Crippen molar-refractivity contribution < 1.29 is 0 Å². The molecular weight excluding hydrogens is 170 g/mol. The van der Waals surface area contributed by atoms with Crippen LogP contribution in [-0.4, -0.2) is 12.6 Å². The Balaban J connectivity index is 2.37. The van der Waals surface area contributed by atoms with Gasteiger partial charge < -0.3 is 4.90 Å². The molecule has 0 aliphatic carbocycles. The summed E-state index contributed by atoms with van der Waals surface area (Å²) in [5.74, 6) is 0. The van der Waals surface area contributed by atoms with Crippen molar-refractivity contribution in [2.45, 2.75) is 39.7 Å². The lowest BCUT2D eigenvalue weighted by Crippen LogP contribution is -2.28. The molecule has 0 fully saturated rings. The van der Waals surface area contributed by atoms with Crippen LogP contribution in [0.3, 0.4) is 0 Å². The number of anilines is 1. The molecule has 1 heteroatoms. The fourth-order valence-corrected chi connectivity index (χ4v) is 2.21. The van der Waals surface area contributed by atoms with E-state index in [0.29, 0.717) is 6.04 Å². The van der Waals surface area contributed by atoms with Crippen LogP contribution in [0.2, 0.25) is 0 Å². The largest absolute Gasteiger partial charge is 0.369 e. The van der Waals surface area contributed by atoms with E-state index in [1.165, 1.54) is 29.8 Å². The van der Waals surface area contributed by atoms with E-state index in [0.717, 1.165) is 6.42 Å². The molecule has 1 heterocycles. The van der Waals surface area contributed by atoms with Gasteiger partial charge in [0.2, 0.25) is 0 Å². The number of hydrogen-bond acceptors (Lipinski definition) is 1. The molecule has 0 aromatic heterocycles. The van der Waals surface area contributed by atoms with Gasteiger partial charge in [-0.05, 0) is 43.9 Å². The second-order valence-electron chi connectivity index (χ2n) is 4.35. The normalized spacial score (nSPS) is 15.0. The molecule has 0 N–H and O–H groups in total. The molecule has 0 unspecified atom stereocenters. The third-order valence-corrected chi connectivity index (χ3v) is 3.11. The van der Waals surface area contributed by atoms with Crippen LogP contribution in [0.4, 0.5) is 5.69 Å². The van der Waals surface area contributed by atoms with Crippen LogP contribution in [0.1, 0.15) is 31.9 Å². The van der Waals surface area contributed by atoms with E-state index < -0.39 is 0 Å². The van der Waals surface area contributed by atoms with E-state index in [9.17, 15) is 0 Å². The molecule has 0 radical (unpaired) electrons. The summed E-state index contributed by atoms with van der Waals surface area (Å²) in [5, 5.41) is 0. The zero-order valence-electron chi connectivity index (χ0n) is 9.38. The van der Waals surface area contributed by atoms with Crippen molar-refractivity contribution in [1.29, 1.82) is 0 Å². The molecule has 0 spiro atoms. The highest BCUT2D eigenvalue weighted by atomic mass is 15.2. The van der Waals surface area contributed by atoms with Gasteiger partial charge in [0.05, 0.1) is 0 Å². The van der Waals surface area contributed by atoms with Crippen LogP contribution >= 0.6 is 0 Å². The Bertz CT molecular complexity index is 328. The molecule has 14 heavy (non-hydrogen) atoms. The molecular formula is C13H19N. The van der Waals surface area contributed by atoms with Gasteiger partial charge in [0, 0.05) is 18.3 Å². The smallest absolute Gasteiger partial charge is 0.0404 e. The van der Waals surface area contributed by atoms with Crippen molar-refractivity contribution in [3.05, 3.63) is 29.3 Å². The Morgan fingerprint density at radius 3 is 2.79 bits per heavy atom. The predicted octanol–water partition coefficient (Wildman–Crippen LogP) is 3.02. The van der Waals surface area contributed by atoms with Crippen LogP contribution in [0.15, 0.2) is 18.2 Å². The summed E-state index contributed by atoms with van der Waals surface area (Å²) < 4.78 is 0. The Hall–Kier alpha value is -0.980. The zero-order chi connectivity index (χ0) is 10.1. The van der Waals surface area contributed by atoms with Crippen LogP contribution in [0, 0.1) is 0 Å². The van der Waals surface area contributed by atoms with E-state index in [-0.39, 0.29) is 0 Å². The van der Waals surface area contributed by atoms with Crippen molar-refractivity contribution >= 4 is 5.69 Å². The fourth-order valence-electron chi connectivity index (χ4n) is 2.21. The molecule has 1 aliphatic rings. The number of fused-ring (bicyclic) bond motifs is 1. The maximum atomic E-state index is 2.51. The van der Waals surface area contributed by atoms with Crippen LogP contribution < -0.4 is 4.90 Å². The maximum Gasteiger partial charge on any atom is 0.0404 e. The van der Waals surface area contributed by atoms with E-state index in [1.54, 1.807) is 0 Å². The molecule has 0 saturated heterocycles. The number of nitrogens with zero attached hydrogens (tertiary/aromatic N) is 1. The monoisotopic (exact) mass is 189 g/mol. The lowest BCUT2D eigenvalue weighted by atomic mass is 10.1. The second kappa shape index (κ2) is 3.64. The molecule has 76 valence electrons. The van der Waals surface area contributed by atoms with Gasteiger partial charge in [0.15, 0.2) is 0 Å². The van der Waals surface area contributed by atoms with E-state index in [4.69, 9.17) is 0 Å². The highest BCUT2D eigenvalue weighted by Gasteiger charge is 2.20. The van der Waals surface area contributed by atoms with Gasteiger partial charge in [0.25, 0.3) is 0 Å². The van der Waals surface area contributed by atoms with Crippen LogP contribution in [0.5, 0.6) is 0 Å². The van der Waals surface area contributed by atoms with Gasteiger partial charge in [-0.15, -0.1) is 0 Å². The van der Waals surface area contributed by atoms with Gasteiger partial charge in [-0.1, -0.05) is 19.1 Å². The molecule has 1 aromatic rings. The average Bonchev–Trinajstić information content (AvgIpc) is 2.59. The topological polar surface area (TPSA) is 3.24 Å². The van der Waals surface area contributed by atoms with Crippen molar-refractivity contribution in [1.82, 2.24) is 0 Å². The lowest BCUT2D eigenvalue weighted by molar-refractivity contribution is 0.710. The quantitative estimate of drug-likeness (QED) is 0.691. The molecule has 1 aromatic carbocycles. The summed E-state index contributed by atoms with van der Waals surface area (Å²) in [5.41, 5.74) is 4.45. The minimum Gasteiger partial charge on any atom is -0.369 e. The Labute approximate surface area is 86.7 Å². The van der Waals surface area contributed by atoms with Gasteiger partial charge in [-0.3, -0.25) is 0 Å². The Kier molecular flexibility index (Phi) is 2.49. The van der Waals surface area contributed by atoms with E-state index in [2.05, 4.69) is 43.9 Å². The highest BCUT2D eigenvalue weighted by Crippen LogP contribution is 2.30. The Morgan fingerprint density at radius 2 is 2.14 bits per heavy atom. The number of rotatable bonds is 2. The summed E-state index contributed by atoms with van der Waals surface area (Å²) in [4.78, 5) is 2.51. The average molecular weight is 189 g/mol. The number of benzene rings is 1. The molecule has 1 nitrogen and oxygen atoms in total. The standard InChI is InChI=1S/C13H19N/c1-4-11-5-6-12-7-8-14(10(2)3)13(12)9-11/h5-6,9-10H,4,7-8H2,1-3H3. The van der Waals surface area contributed by atoms with E-state index >= 15 is 0 Å². The maximum absolute atomic E-state index is 2.51. The molecule has 0 atom stereocenters. The van der Waals surface area contributed by atoms with Crippen LogP contribution in [-0.2, 0) is 12.8 Å². The molecule has 1 aliphatic heterocycles. The number of hydrogen-bond donors (Lipinski definition) is 0. The van der Waals surface area contributed by atoms with Gasteiger partial charge >= 0.3 is 0 Å². The van der Waals surface area contributed by atoms with Crippen LogP contribution in [0.25, 0.3) is 0 Å². The first-order valence-corrected chi connectivity index (χ1v) is 5.60. The summed E-state index contributed by atoms with van der Waals surface area (Å²) in [6, 6.07) is 7.56. The fraction of sp³-hybridized carbons (Fsp3) is 0.538. The first-order valence-electron chi connectivity index (χ1n) is 5.60. The highest BCUT2D eigenvalue weighted by molar-refractivity contribution is 5.60. The summed E-state index contributed by atoms with van der Waals surface area (Å²) in [6.45, 7) is 7.96. The lowest BCUT2D eigenvalue weighted by Gasteiger charge is -2.24. The predicted molar refractivity (Wildman–Crippen MR) is 62.0 cm³/mol. The molecule has 2 rings (SSSR count). The minimum absolute atomic E-state index is 0.628. The summed E-state index contributed by atoms with van der Waals surface area (Å²) in [7, 11) is 0. The van der Waals surface area contributed by atoms with Crippen molar-refractivity contribution in [2.75, 3.05) is 11.4 Å². The number of aryl methyl sites for hydroxylation is 1. The molecule has 0 amide bonds. The zero-order valence-corrected chi connectivity index (χ0v) is 9.38. The van der Waals surface area contributed by atoms with Crippen molar-refractivity contribution in [3.63, 3.8) is 0 Å². The summed E-state index contributed by atoms with van der Waals surface area (Å²) >= 11 is 0. The van der Waals surface area contributed by atoms with Gasteiger partial charge in [-0.2, -0.15) is 0 Å². The SMILES string of the molecule is CCc1ccc2c(c1)N(C(C)C)CC2. The molecule has 0 bridgehead atoms. The van der Waals surface area contributed by atoms with Gasteiger partial charge in [0.1, 0.15) is 0 Å². The van der Waals surface area contributed by atoms with Crippen molar-refractivity contribution in [2.24, 2.45) is 0 Å². The minimum atomic E-state index is 0.628. The first kappa shape index (κ1) is 9.57. The van der Waals surface area contributed by atoms with Crippen molar-refractivity contribution in [3.8, 4) is 0 Å². The first-order chi connectivity index (χ1) is 6.72. The molecule has 0 saturated carbocycles. The summed E-state index contributed by atoms with van der Waals surface area (Å²) in [6.07, 6.45) is 2.36. The van der Waals surface area contributed by atoms with Gasteiger partial charge in [-0.25, -0.2) is 0 Å². The third-order valence-electron chi connectivity index (χ3n) is 3.11. The third kappa shape index (κ3) is 1.52. The van der Waals surface area contributed by atoms with E-state index in [1.807, 2.05) is 0 Å². The Morgan fingerprint density at radius 1 is 1.36 bits per heavy atom. The second-order valence-corrected chi connectivity index (χ2v) is 4.35.